The van der Waals surface area contributed by atoms with Crippen molar-refractivity contribution < 1.29 is 5.11 Å². The van der Waals surface area contributed by atoms with Crippen LogP contribution in [0.2, 0.25) is 0 Å². The Balaban J connectivity index is 0.0000000912. The molecule has 1 N–H and O–H groups in total. The Morgan fingerprint density at radius 3 is 1.14 bits per heavy atom. The van der Waals surface area contributed by atoms with Gasteiger partial charge in [0.2, 0.25) is 0 Å². The standard InChI is InChI=1S/C9H14O.C7H8Br2.C7H9Br.2CH4/c10-6-1-7-8(2-3-8)9(7)4-5-9;8-7(9)5(1-2-5)6(7)3-4-6;8-5-6(1-2-6)7(5)3-4-7;;/h7,10H,1-6H2;1-4H2;5H,1-4H2;2*1H4. The molecule has 166 valence electrons. The zero-order chi connectivity index (χ0) is 18.6. The van der Waals surface area contributed by atoms with E-state index in [4.69, 9.17) is 5.11 Å². The van der Waals surface area contributed by atoms with Gasteiger partial charge in [0.15, 0.2) is 0 Å². The minimum Gasteiger partial charge on any atom is -0.396 e. The maximum Gasteiger partial charge on any atom is 0.0929 e. The first-order valence-electron chi connectivity index (χ1n) is 11.5. The van der Waals surface area contributed by atoms with E-state index in [1.54, 1.807) is 0 Å². The summed E-state index contributed by atoms with van der Waals surface area (Å²) < 4.78 is 0.389. The maximum atomic E-state index is 8.80. The van der Waals surface area contributed by atoms with Crippen molar-refractivity contribution in [3.8, 4) is 0 Å². The van der Waals surface area contributed by atoms with Gasteiger partial charge in [-0.1, -0.05) is 62.6 Å². The molecule has 1 nitrogen and oxygen atoms in total. The monoisotopic (exact) mass is 592 g/mol. The van der Waals surface area contributed by atoms with Crippen LogP contribution in [-0.4, -0.2) is 19.8 Å². The van der Waals surface area contributed by atoms with E-state index in [1.807, 2.05) is 0 Å². The molecule has 9 fully saturated rings. The van der Waals surface area contributed by atoms with Crippen LogP contribution >= 0.6 is 47.8 Å². The lowest BCUT2D eigenvalue weighted by atomic mass is 10.2. The second kappa shape index (κ2) is 5.90. The third-order valence-corrected chi connectivity index (χ3v) is 16.0. The fourth-order valence-electron chi connectivity index (χ4n) is 8.51. The van der Waals surface area contributed by atoms with Crippen LogP contribution in [0.5, 0.6) is 0 Å². The highest BCUT2D eigenvalue weighted by Gasteiger charge is 2.94. The van der Waals surface area contributed by atoms with Crippen molar-refractivity contribution in [3.63, 3.8) is 0 Å². The SMILES string of the molecule is BrC1(Br)C2(CC2)C12CC2.BrC1C2(CC2)C12CC2.C.C.OCCC1C2(CC2)C12CC2. The van der Waals surface area contributed by atoms with Gasteiger partial charge in [0.1, 0.15) is 0 Å². The number of aliphatic hydroxyl groups is 1. The fourth-order valence-corrected chi connectivity index (χ4v) is 13.1. The van der Waals surface area contributed by atoms with Gasteiger partial charge in [0.25, 0.3) is 0 Å². The predicted octanol–water partition coefficient (Wildman–Crippen LogP) is 8.20. The zero-order valence-electron chi connectivity index (χ0n) is 16.1. The molecule has 0 saturated heterocycles. The van der Waals surface area contributed by atoms with Gasteiger partial charge in [0.05, 0.1) is 3.23 Å². The van der Waals surface area contributed by atoms with Crippen molar-refractivity contribution >= 4 is 47.8 Å². The third kappa shape index (κ3) is 2.33. The summed E-state index contributed by atoms with van der Waals surface area (Å²) in [7, 11) is 0. The molecular weight excluding hydrogens is 556 g/mol. The predicted molar refractivity (Wildman–Crippen MR) is 132 cm³/mol. The molecule has 0 bridgehead atoms. The van der Waals surface area contributed by atoms with E-state index in [2.05, 4.69) is 47.8 Å². The lowest BCUT2D eigenvalue weighted by molar-refractivity contribution is 0.273. The summed E-state index contributed by atoms with van der Waals surface area (Å²) in [4.78, 5) is 0.947. The summed E-state index contributed by atoms with van der Waals surface area (Å²) in [6.07, 6.45) is 19.0. The molecule has 29 heavy (non-hydrogen) atoms. The summed E-state index contributed by atoms with van der Waals surface area (Å²) in [6, 6.07) is 0. The summed E-state index contributed by atoms with van der Waals surface area (Å²) in [5, 5.41) is 8.80. The van der Waals surface area contributed by atoms with E-state index >= 15 is 0 Å². The summed E-state index contributed by atoms with van der Waals surface area (Å²) >= 11 is 11.3. The van der Waals surface area contributed by atoms with E-state index in [9.17, 15) is 0 Å². The summed E-state index contributed by atoms with van der Waals surface area (Å²) in [5.74, 6) is 0.949. The highest BCUT2D eigenvalue weighted by Crippen LogP contribution is 2.99. The Bertz CT molecular complexity index is 652. The third-order valence-electron chi connectivity index (χ3n) is 11.2. The molecule has 4 heteroatoms. The van der Waals surface area contributed by atoms with Crippen LogP contribution in [0.25, 0.3) is 0 Å². The van der Waals surface area contributed by atoms with Crippen LogP contribution in [0.15, 0.2) is 0 Å². The van der Waals surface area contributed by atoms with Gasteiger partial charge >= 0.3 is 0 Å². The smallest absolute Gasteiger partial charge is 0.0929 e. The van der Waals surface area contributed by atoms with Gasteiger partial charge in [-0.15, -0.1) is 0 Å². The Morgan fingerprint density at radius 2 is 0.966 bits per heavy atom. The molecule has 0 aromatic heterocycles. The van der Waals surface area contributed by atoms with Crippen molar-refractivity contribution in [1.29, 1.82) is 0 Å². The zero-order valence-corrected chi connectivity index (χ0v) is 20.9. The number of rotatable bonds is 2. The molecule has 0 heterocycles. The largest absolute Gasteiger partial charge is 0.396 e. The minimum atomic E-state index is 0. The van der Waals surface area contributed by atoms with Gasteiger partial charge in [0, 0.05) is 22.3 Å². The number of hydrogen-bond acceptors (Lipinski definition) is 1. The minimum absolute atomic E-state index is 0. The van der Waals surface area contributed by atoms with Crippen molar-refractivity contribution in [2.24, 2.45) is 38.4 Å². The van der Waals surface area contributed by atoms with E-state index in [1.165, 1.54) is 77.0 Å². The highest BCUT2D eigenvalue weighted by atomic mass is 79.9. The number of hydrogen-bond donors (Lipinski definition) is 1. The molecule has 9 aliphatic rings. The van der Waals surface area contributed by atoms with Crippen LogP contribution in [-0.2, 0) is 0 Å². The lowest BCUT2D eigenvalue weighted by Crippen LogP contribution is -1.87. The quantitative estimate of drug-likeness (QED) is 0.319. The molecule has 0 aromatic carbocycles. The van der Waals surface area contributed by atoms with E-state index in [0.717, 1.165) is 49.7 Å². The maximum absolute atomic E-state index is 8.80. The lowest BCUT2D eigenvalue weighted by Gasteiger charge is -1.90. The van der Waals surface area contributed by atoms with E-state index in [-0.39, 0.29) is 14.9 Å². The Hall–Kier alpha value is 1.40. The molecule has 0 aliphatic heterocycles. The number of aliphatic hydroxyl groups excluding tert-OH is 1. The van der Waals surface area contributed by atoms with Crippen LogP contribution in [0, 0.1) is 38.4 Å². The van der Waals surface area contributed by atoms with Gasteiger partial charge in [-0.05, 0) is 111 Å². The van der Waals surface area contributed by atoms with Crippen molar-refractivity contribution in [2.75, 3.05) is 6.61 Å². The van der Waals surface area contributed by atoms with E-state index < -0.39 is 0 Å². The van der Waals surface area contributed by atoms with Gasteiger partial charge < -0.3 is 5.11 Å². The van der Waals surface area contributed by atoms with Crippen LogP contribution in [0.1, 0.15) is 98.3 Å². The van der Waals surface area contributed by atoms with Gasteiger partial charge in [-0.3, -0.25) is 0 Å². The Labute approximate surface area is 203 Å². The molecule has 0 unspecified atom stereocenters. The number of fused-ring (bicyclic) bond motifs is 3. The highest BCUT2D eigenvalue weighted by molar-refractivity contribution is 9.25. The van der Waals surface area contributed by atoms with Crippen LogP contribution in [0.3, 0.4) is 0 Å². The van der Waals surface area contributed by atoms with Crippen molar-refractivity contribution in [2.45, 2.75) is 106 Å². The molecule has 6 spiro atoms. The average Bonchev–Trinajstić information content (AvgIpc) is 3.48. The average molecular weight is 595 g/mol. The topological polar surface area (TPSA) is 20.2 Å². The number of halogens is 3. The Kier molecular flexibility index (Phi) is 4.52. The molecular formula is C25H39Br3O. The first kappa shape index (κ1) is 22.2. The molecule has 9 aliphatic carbocycles. The van der Waals surface area contributed by atoms with Crippen molar-refractivity contribution in [3.05, 3.63) is 0 Å². The van der Waals surface area contributed by atoms with Crippen LogP contribution in [0.4, 0.5) is 0 Å². The second-order valence-corrected chi connectivity index (χ2v) is 16.1. The fraction of sp³-hybridized carbons (Fsp3) is 1.00. The first-order chi connectivity index (χ1) is 12.8. The molecule has 9 saturated carbocycles. The molecule has 0 amide bonds. The first-order valence-corrected chi connectivity index (χ1v) is 14.0. The molecule has 0 aromatic rings. The van der Waals surface area contributed by atoms with Gasteiger partial charge in [-0.2, -0.15) is 0 Å². The molecule has 0 atom stereocenters. The number of alkyl halides is 3. The second-order valence-electron chi connectivity index (χ2n) is 11.8. The normalized spacial score (nSPS) is 41.8. The van der Waals surface area contributed by atoms with Crippen LogP contribution < -0.4 is 0 Å². The summed E-state index contributed by atoms with van der Waals surface area (Å²) in [6.45, 7) is 0.425. The van der Waals surface area contributed by atoms with Gasteiger partial charge in [-0.25, -0.2) is 0 Å². The molecule has 9 rings (SSSR count). The van der Waals surface area contributed by atoms with E-state index in [0.29, 0.717) is 9.84 Å². The van der Waals surface area contributed by atoms with Crippen molar-refractivity contribution in [1.82, 2.24) is 0 Å². The Morgan fingerprint density at radius 1 is 0.621 bits per heavy atom. The summed E-state index contributed by atoms with van der Waals surface area (Å²) in [5.41, 5.74) is 4.87. The molecule has 0 radical (unpaired) electrons.